The third-order valence-corrected chi connectivity index (χ3v) is 4.66. The standard InChI is InChI=1S/C19H33N3/c1-6-13-21-14-8-7-11-18(21)17-10-9-12-20-19(17)22(15(2)3)16(4)5/h9-10,12,15-16,18H,6-8,11,13-14H2,1-5H3. The molecule has 0 radical (unpaired) electrons. The zero-order chi connectivity index (χ0) is 16.1. The monoisotopic (exact) mass is 303 g/mol. The first kappa shape index (κ1) is 17.3. The molecule has 3 nitrogen and oxygen atoms in total. The van der Waals surface area contributed by atoms with Crippen LogP contribution in [-0.2, 0) is 0 Å². The highest BCUT2D eigenvalue weighted by Gasteiger charge is 2.28. The molecule has 1 atom stereocenters. The molecular weight excluding hydrogens is 270 g/mol. The molecule has 0 amide bonds. The first-order valence-corrected chi connectivity index (χ1v) is 9.03. The number of likely N-dealkylation sites (tertiary alicyclic amines) is 1. The van der Waals surface area contributed by atoms with Crippen LogP contribution >= 0.6 is 0 Å². The summed E-state index contributed by atoms with van der Waals surface area (Å²) in [5, 5.41) is 0. The van der Waals surface area contributed by atoms with E-state index in [-0.39, 0.29) is 0 Å². The van der Waals surface area contributed by atoms with Crippen LogP contribution in [0.15, 0.2) is 18.3 Å². The van der Waals surface area contributed by atoms with Gasteiger partial charge in [0.25, 0.3) is 0 Å². The van der Waals surface area contributed by atoms with E-state index in [1.54, 1.807) is 0 Å². The van der Waals surface area contributed by atoms with Crippen molar-refractivity contribution in [1.82, 2.24) is 9.88 Å². The lowest BCUT2D eigenvalue weighted by atomic mass is 9.94. The molecule has 0 saturated carbocycles. The maximum absolute atomic E-state index is 4.79. The molecule has 1 unspecified atom stereocenters. The van der Waals surface area contributed by atoms with Crippen LogP contribution in [0.25, 0.3) is 0 Å². The van der Waals surface area contributed by atoms with E-state index >= 15 is 0 Å². The summed E-state index contributed by atoms with van der Waals surface area (Å²) in [5.74, 6) is 1.19. The highest BCUT2D eigenvalue weighted by Crippen LogP contribution is 2.36. The molecule has 0 bridgehead atoms. The lowest BCUT2D eigenvalue weighted by Crippen LogP contribution is -2.40. The van der Waals surface area contributed by atoms with Gasteiger partial charge in [-0.2, -0.15) is 0 Å². The summed E-state index contributed by atoms with van der Waals surface area (Å²) in [7, 11) is 0. The van der Waals surface area contributed by atoms with Crippen LogP contribution in [0.4, 0.5) is 5.82 Å². The van der Waals surface area contributed by atoms with Gasteiger partial charge in [0.1, 0.15) is 5.82 Å². The van der Waals surface area contributed by atoms with Gasteiger partial charge in [-0.25, -0.2) is 4.98 Å². The fourth-order valence-electron chi connectivity index (χ4n) is 3.87. The van der Waals surface area contributed by atoms with Gasteiger partial charge in [0, 0.05) is 29.9 Å². The summed E-state index contributed by atoms with van der Waals surface area (Å²) in [6.45, 7) is 13.8. The molecule has 0 aliphatic carbocycles. The Bertz CT molecular complexity index is 446. The predicted octanol–water partition coefficient (Wildman–Crippen LogP) is 4.64. The first-order chi connectivity index (χ1) is 10.6. The molecule has 1 aliphatic heterocycles. The normalized spacial score (nSPS) is 19.9. The van der Waals surface area contributed by atoms with E-state index in [4.69, 9.17) is 4.98 Å². The molecule has 1 saturated heterocycles. The van der Waals surface area contributed by atoms with Crippen molar-refractivity contribution in [1.29, 1.82) is 0 Å². The quantitative estimate of drug-likeness (QED) is 0.763. The molecule has 1 aromatic rings. The second-order valence-corrected chi connectivity index (χ2v) is 7.06. The minimum Gasteiger partial charge on any atom is -0.351 e. The van der Waals surface area contributed by atoms with Gasteiger partial charge in [0.15, 0.2) is 0 Å². The van der Waals surface area contributed by atoms with Crippen molar-refractivity contribution in [3.63, 3.8) is 0 Å². The van der Waals surface area contributed by atoms with Crippen LogP contribution in [0.5, 0.6) is 0 Å². The van der Waals surface area contributed by atoms with Crippen molar-refractivity contribution < 1.29 is 0 Å². The van der Waals surface area contributed by atoms with Crippen LogP contribution in [0.2, 0.25) is 0 Å². The van der Waals surface area contributed by atoms with E-state index in [0.717, 1.165) is 0 Å². The Balaban J connectivity index is 2.37. The minimum atomic E-state index is 0.469. The Hall–Kier alpha value is -1.09. The van der Waals surface area contributed by atoms with Gasteiger partial charge in [0.05, 0.1) is 0 Å². The molecule has 3 heteroatoms. The van der Waals surface area contributed by atoms with E-state index in [9.17, 15) is 0 Å². The van der Waals surface area contributed by atoms with Gasteiger partial charge in [-0.3, -0.25) is 4.90 Å². The zero-order valence-corrected chi connectivity index (χ0v) is 15.0. The third-order valence-electron chi connectivity index (χ3n) is 4.66. The molecule has 1 fully saturated rings. The fourth-order valence-corrected chi connectivity index (χ4v) is 3.87. The summed E-state index contributed by atoms with van der Waals surface area (Å²) in [6.07, 6.45) is 7.11. The molecule has 0 aromatic carbocycles. The fraction of sp³-hybridized carbons (Fsp3) is 0.737. The first-order valence-electron chi connectivity index (χ1n) is 9.03. The van der Waals surface area contributed by atoms with E-state index in [0.29, 0.717) is 18.1 Å². The number of hydrogen-bond acceptors (Lipinski definition) is 3. The lowest BCUT2D eigenvalue weighted by molar-refractivity contribution is 0.149. The molecular formula is C19H33N3. The van der Waals surface area contributed by atoms with Crippen molar-refractivity contribution in [2.24, 2.45) is 0 Å². The van der Waals surface area contributed by atoms with Crippen molar-refractivity contribution >= 4 is 5.82 Å². The molecule has 1 aliphatic rings. The summed E-state index contributed by atoms with van der Waals surface area (Å²) < 4.78 is 0. The molecule has 22 heavy (non-hydrogen) atoms. The topological polar surface area (TPSA) is 19.4 Å². The Morgan fingerprint density at radius 3 is 2.59 bits per heavy atom. The smallest absolute Gasteiger partial charge is 0.133 e. The number of aromatic nitrogens is 1. The number of nitrogens with zero attached hydrogens (tertiary/aromatic N) is 3. The summed E-state index contributed by atoms with van der Waals surface area (Å²) in [6, 6.07) is 5.89. The van der Waals surface area contributed by atoms with Crippen LogP contribution in [-0.4, -0.2) is 35.1 Å². The molecule has 0 N–H and O–H groups in total. The zero-order valence-electron chi connectivity index (χ0n) is 15.0. The average molecular weight is 303 g/mol. The van der Waals surface area contributed by atoms with Crippen LogP contribution in [0, 0.1) is 0 Å². The Morgan fingerprint density at radius 1 is 1.23 bits per heavy atom. The predicted molar refractivity (Wildman–Crippen MR) is 95.4 cm³/mol. The lowest BCUT2D eigenvalue weighted by Gasteiger charge is -2.40. The number of rotatable bonds is 6. The van der Waals surface area contributed by atoms with E-state index < -0.39 is 0 Å². The van der Waals surface area contributed by atoms with E-state index in [2.05, 4.69) is 56.6 Å². The Labute approximate surface area is 136 Å². The van der Waals surface area contributed by atoms with Crippen molar-refractivity contribution in [3.05, 3.63) is 23.9 Å². The molecule has 1 aromatic heterocycles. The highest BCUT2D eigenvalue weighted by atomic mass is 15.2. The van der Waals surface area contributed by atoms with Crippen molar-refractivity contribution in [3.8, 4) is 0 Å². The van der Waals surface area contributed by atoms with E-state index in [1.807, 2.05) is 6.20 Å². The average Bonchev–Trinajstić information content (AvgIpc) is 2.48. The van der Waals surface area contributed by atoms with Gasteiger partial charge in [-0.05, 0) is 66.1 Å². The second kappa shape index (κ2) is 7.96. The highest BCUT2D eigenvalue weighted by molar-refractivity contribution is 5.50. The minimum absolute atomic E-state index is 0.469. The van der Waals surface area contributed by atoms with Gasteiger partial charge >= 0.3 is 0 Å². The molecule has 2 rings (SSSR count). The van der Waals surface area contributed by atoms with E-state index in [1.165, 1.54) is 50.2 Å². The molecule has 124 valence electrons. The Kier molecular flexibility index (Phi) is 6.25. The second-order valence-electron chi connectivity index (χ2n) is 7.06. The van der Waals surface area contributed by atoms with Crippen LogP contribution in [0.1, 0.15) is 71.9 Å². The van der Waals surface area contributed by atoms with Crippen LogP contribution in [0.3, 0.4) is 0 Å². The third kappa shape index (κ3) is 3.81. The maximum Gasteiger partial charge on any atom is 0.133 e. The van der Waals surface area contributed by atoms with Gasteiger partial charge in [-0.15, -0.1) is 0 Å². The van der Waals surface area contributed by atoms with Gasteiger partial charge in [0.2, 0.25) is 0 Å². The number of piperidine rings is 1. The van der Waals surface area contributed by atoms with Crippen molar-refractivity contribution in [2.75, 3.05) is 18.0 Å². The van der Waals surface area contributed by atoms with Gasteiger partial charge < -0.3 is 4.90 Å². The number of anilines is 1. The number of pyridine rings is 1. The molecule has 0 spiro atoms. The largest absolute Gasteiger partial charge is 0.351 e. The Morgan fingerprint density at radius 2 is 1.95 bits per heavy atom. The SMILES string of the molecule is CCCN1CCCCC1c1cccnc1N(C(C)C)C(C)C. The van der Waals surface area contributed by atoms with Crippen molar-refractivity contribution in [2.45, 2.75) is 78.4 Å². The summed E-state index contributed by atoms with van der Waals surface area (Å²) >= 11 is 0. The molecule has 2 heterocycles. The van der Waals surface area contributed by atoms with Crippen LogP contribution < -0.4 is 4.90 Å². The summed E-state index contributed by atoms with van der Waals surface area (Å²) in [5.41, 5.74) is 1.43. The number of hydrogen-bond donors (Lipinski definition) is 0. The maximum atomic E-state index is 4.79. The summed E-state index contributed by atoms with van der Waals surface area (Å²) in [4.78, 5) is 9.93. The van der Waals surface area contributed by atoms with Gasteiger partial charge in [-0.1, -0.05) is 19.4 Å².